The smallest absolute Gasteiger partial charge is 0.0818 e. The molecule has 0 aliphatic rings. The molecular weight excluding hydrogens is 220 g/mol. The Bertz CT molecular complexity index is 311. The number of unbranched alkanes of at least 4 members (excludes halogenated alkanes) is 1. The van der Waals surface area contributed by atoms with Gasteiger partial charge in [0.25, 0.3) is 0 Å². The predicted octanol–water partition coefficient (Wildman–Crippen LogP) is 4.59. The van der Waals surface area contributed by atoms with Crippen LogP contribution in [0.25, 0.3) is 0 Å². The fourth-order valence-corrected chi connectivity index (χ4v) is 2.21. The minimum atomic E-state index is -0.379. The van der Waals surface area contributed by atoms with Gasteiger partial charge in [-0.1, -0.05) is 56.8 Å². The first-order valence-corrected chi connectivity index (χ1v) is 6.50. The van der Waals surface area contributed by atoms with E-state index in [0.29, 0.717) is 10.9 Å². The van der Waals surface area contributed by atoms with Crippen molar-refractivity contribution >= 4 is 11.6 Å². The van der Waals surface area contributed by atoms with Crippen molar-refractivity contribution in [2.45, 2.75) is 45.6 Å². The molecular formula is C14H21ClO. The van der Waals surface area contributed by atoms with Gasteiger partial charge in [0.05, 0.1) is 6.10 Å². The standard InChI is InChI=1S/C14H21ClO/c1-3-5-7-11(4-2)14(16)12-8-6-9-13(15)10-12/h6,8-11,14,16H,3-5,7H2,1-2H3/t11-,14+/m0/s1. The van der Waals surface area contributed by atoms with Crippen LogP contribution in [0.2, 0.25) is 5.02 Å². The lowest BCUT2D eigenvalue weighted by molar-refractivity contribution is 0.0989. The van der Waals surface area contributed by atoms with Crippen LogP contribution in [0.5, 0.6) is 0 Å². The van der Waals surface area contributed by atoms with E-state index in [1.54, 1.807) is 0 Å². The molecule has 0 unspecified atom stereocenters. The molecule has 2 atom stereocenters. The highest BCUT2D eigenvalue weighted by Gasteiger charge is 2.18. The zero-order valence-electron chi connectivity index (χ0n) is 10.1. The average molecular weight is 241 g/mol. The Labute approximate surface area is 103 Å². The van der Waals surface area contributed by atoms with Crippen LogP contribution in [-0.4, -0.2) is 5.11 Å². The van der Waals surface area contributed by atoms with Gasteiger partial charge < -0.3 is 5.11 Å². The van der Waals surface area contributed by atoms with Crippen molar-refractivity contribution in [3.63, 3.8) is 0 Å². The molecule has 1 N–H and O–H groups in total. The minimum Gasteiger partial charge on any atom is -0.388 e. The van der Waals surface area contributed by atoms with Gasteiger partial charge in [0, 0.05) is 5.02 Å². The van der Waals surface area contributed by atoms with Crippen LogP contribution in [0.4, 0.5) is 0 Å². The maximum Gasteiger partial charge on any atom is 0.0818 e. The van der Waals surface area contributed by atoms with Crippen LogP contribution in [-0.2, 0) is 0 Å². The first kappa shape index (κ1) is 13.5. The van der Waals surface area contributed by atoms with Gasteiger partial charge in [0.15, 0.2) is 0 Å². The highest BCUT2D eigenvalue weighted by Crippen LogP contribution is 2.29. The molecule has 0 bridgehead atoms. The molecule has 1 aromatic carbocycles. The van der Waals surface area contributed by atoms with Gasteiger partial charge in [0.2, 0.25) is 0 Å². The second kappa shape index (κ2) is 6.93. The van der Waals surface area contributed by atoms with Crippen molar-refractivity contribution in [3.05, 3.63) is 34.9 Å². The summed E-state index contributed by atoms with van der Waals surface area (Å²) in [5.41, 5.74) is 0.940. The Morgan fingerprint density at radius 3 is 2.62 bits per heavy atom. The molecule has 0 saturated carbocycles. The van der Waals surface area contributed by atoms with E-state index in [0.717, 1.165) is 18.4 Å². The lowest BCUT2D eigenvalue weighted by Gasteiger charge is -2.21. The van der Waals surface area contributed by atoms with E-state index in [2.05, 4.69) is 13.8 Å². The third-order valence-electron chi connectivity index (χ3n) is 3.09. The lowest BCUT2D eigenvalue weighted by atomic mass is 9.89. The molecule has 0 aliphatic heterocycles. The van der Waals surface area contributed by atoms with E-state index in [1.165, 1.54) is 12.8 Å². The Hall–Kier alpha value is -0.530. The zero-order valence-corrected chi connectivity index (χ0v) is 10.9. The van der Waals surface area contributed by atoms with E-state index in [4.69, 9.17) is 11.6 Å². The molecule has 0 aliphatic carbocycles. The van der Waals surface area contributed by atoms with Gasteiger partial charge in [-0.15, -0.1) is 0 Å². The summed E-state index contributed by atoms with van der Waals surface area (Å²) in [6.45, 7) is 4.31. The number of aliphatic hydroxyl groups is 1. The Morgan fingerprint density at radius 2 is 2.06 bits per heavy atom. The summed E-state index contributed by atoms with van der Waals surface area (Å²) < 4.78 is 0. The normalized spacial score (nSPS) is 14.8. The molecule has 0 fully saturated rings. The molecule has 16 heavy (non-hydrogen) atoms. The third-order valence-corrected chi connectivity index (χ3v) is 3.32. The van der Waals surface area contributed by atoms with Gasteiger partial charge in [0.1, 0.15) is 0 Å². The molecule has 0 amide bonds. The first-order valence-electron chi connectivity index (χ1n) is 6.12. The molecule has 0 spiro atoms. The number of hydrogen-bond donors (Lipinski definition) is 1. The number of rotatable bonds is 6. The Morgan fingerprint density at radius 1 is 1.31 bits per heavy atom. The maximum atomic E-state index is 10.3. The van der Waals surface area contributed by atoms with Crippen molar-refractivity contribution in [1.82, 2.24) is 0 Å². The van der Waals surface area contributed by atoms with E-state index in [9.17, 15) is 5.11 Å². The molecule has 2 heteroatoms. The third kappa shape index (κ3) is 3.80. The topological polar surface area (TPSA) is 20.2 Å². The Balaban J connectivity index is 2.70. The molecule has 90 valence electrons. The monoisotopic (exact) mass is 240 g/mol. The van der Waals surface area contributed by atoms with Crippen LogP contribution >= 0.6 is 11.6 Å². The minimum absolute atomic E-state index is 0.346. The van der Waals surface area contributed by atoms with Gasteiger partial charge in [-0.05, 0) is 30.0 Å². The molecule has 0 radical (unpaired) electrons. The Kier molecular flexibility index (Phi) is 5.86. The molecule has 0 heterocycles. The molecule has 1 nitrogen and oxygen atoms in total. The summed E-state index contributed by atoms with van der Waals surface area (Å²) >= 11 is 5.93. The van der Waals surface area contributed by atoms with Crippen LogP contribution in [0, 0.1) is 5.92 Å². The summed E-state index contributed by atoms with van der Waals surface area (Å²) in [6.07, 6.45) is 4.07. The largest absolute Gasteiger partial charge is 0.388 e. The van der Waals surface area contributed by atoms with E-state index < -0.39 is 0 Å². The number of hydrogen-bond acceptors (Lipinski definition) is 1. The zero-order chi connectivity index (χ0) is 12.0. The molecule has 0 saturated heterocycles. The van der Waals surface area contributed by atoms with Crippen molar-refractivity contribution in [3.8, 4) is 0 Å². The fourth-order valence-electron chi connectivity index (χ4n) is 2.01. The predicted molar refractivity (Wildman–Crippen MR) is 69.7 cm³/mol. The van der Waals surface area contributed by atoms with Gasteiger partial charge in [-0.3, -0.25) is 0 Å². The van der Waals surface area contributed by atoms with Crippen LogP contribution in [0.15, 0.2) is 24.3 Å². The maximum absolute atomic E-state index is 10.3. The van der Waals surface area contributed by atoms with Crippen LogP contribution in [0.1, 0.15) is 51.2 Å². The average Bonchev–Trinajstić information content (AvgIpc) is 2.29. The summed E-state index contributed by atoms with van der Waals surface area (Å²) in [4.78, 5) is 0. The summed E-state index contributed by atoms with van der Waals surface area (Å²) in [6, 6.07) is 7.55. The second-order valence-electron chi connectivity index (χ2n) is 4.31. The number of benzene rings is 1. The number of halogens is 1. The van der Waals surface area contributed by atoms with Crippen molar-refractivity contribution in [2.75, 3.05) is 0 Å². The SMILES string of the molecule is CCCC[C@H](CC)[C@@H](O)c1cccc(Cl)c1. The fraction of sp³-hybridized carbons (Fsp3) is 0.571. The van der Waals surface area contributed by atoms with Gasteiger partial charge in [-0.25, -0.2) is 0 Å². The van der Waals surface area contributed by atoms with Gasteiger partial charge in [-0.2, -0.15) is 0 Å². The molecule has 1 aromatic rings. The highest BCUT2D eigenvalue weighted by molar-refractivity contribution is 6.30. The summed E-state index contributed by atoms with van der Waals surface area (Å²) in [5.74, 6) is 0.346. The van der Waals surface area contributed by atoms with E-state index in [1.807, 2.05) is 24.3 Å². The summed E-state index contributed by atoms with van der Waals surface area (Å²) in [7, 11) is 0. The van der Waals surface area contributed by atoms with Crippen molar-refractivity contribution in [2.24, 2.45) is 5.92 Å². The van der Waals surface area contributed by atoms with Crippen molar-refractivity contribution < 1.29 is 5.11 Å². The number of aliphatic hydroxyl groups excluding tert-OH is 1. The van der Waals surface area contributed by atoms with Gasteiger partial charge >= 0.3 is 0 Å². The van der Waals surface area contributed by atoms with Crippen LogP contribution < -0.4 is 0 Å². The van der Waals surface area contributed by atoms with E-state index >= 15 is 0 Å². The van der Waals surface area contributed by atoms with Crippen molar-refractivity contribution in [1.29, 1.82) is 0 Å². The first-order chi connectivity index (χ1) is 7.69. The molecule has 1 rings (SSSR count). The van der Waals surface area contributed by atoms with Crippen LogP contribution in [0.3, 0.4) is 0 Å². The lowest BCUT2D eigenvalue weighted by Crippen LogP contribution is -2.11. The second-order valence-corrected chi connectivity index (χ2v) is 4.75. The molecule has 0 aromatic heterocycles. The quantitative estimate of drug-likeness (QED) is 0.771. The summed E-state index contributed by atoms with van der Waals surface area (Å²) in [5, 5.41) is 11.0. The van der Waals surface area contributed by atoms with E-state index in [-0.39, 0.29) is 6.10 Å². The highest BCUT2D eigenvalue weighted by atomic mass is 35.5.